The van der Waals surface area contributed by atoms with Gasteiger partial charge in [-0.3, -0.25) is 0 Å². The first-order valence-electron chi connectivity index (χ1n) is 10.5. The number of nitrogens with zero attached hydrogens (tertiary/aromatic N) is 4. The first-order chi connectivity index (χ1) is 16.4. The summed E-state index contributed by atoms with van der Waals surface area (Å²) in [5.74, 6) is 2.28. The fourth-order valence-corrected chi connectivity index (χ4v) is 5.91. The Bertz CT molecular complexity index is 1260. The summed E-state index contributed by atoms with van der Waals surface area (Å²) in [6.07, 6.45) is 0. The number of aromatic nitrogens is 2. The second kappa shape index (κ2) is 10.2. The van der Waals surface area contributed by atoms with E-state index in [0.717, 1.165) is 5.56 Å². The first kappa shape index (κ1) is 24.2. The summed E-state index contributed by atoms with van der Waals surface area (Å²) in [7, 11) is 0.944. The summed E-state index contributed by atoms with van der Waals surface area (Å²) >= 11 is 3.34. The SMILES string of the molecule is COc1ccc(-c2ccc(N3CCN(S(=O)(=O)c4cc(Br)ccc4OC)CC3)nn2)cc1OC. The van der Waals surface area contributed by atoms with Crippen LogP contribution in [0, 0.1) is 0 Å². The van der Waals surface area contributed by atoms with E-state index in [4.69, 9.17) is 14.2 Å². The van der Waals surface area contributed by atoms with Crippen molar-refractivity contribution in [2.24, 2.45) is 0 Å². The number of halogens is 1. The average molecular weight is 549 g/mol. The van der Waals surface area contributed by atoms with Crippen LogP contribution in [0.15, 0.2) is 57.9 Å². The molecular weight excluding hydrogens is 524 g/mol. The molecule has 4 rings (SSSR count). The molecule has 1 aromatic heterocycles. The normalized spacial score (nSPS) is 14.6. The number of benzene rings is 2. The Hall–Kier alpha value is -2.89. The molecule has 2 heterocycles. The molecule has 0 radical (unpaired) electrons. The lowest BCUT2D eigenvalue weighted by Gasteiger charge is -2.34. The van der Waals surface area contributed by atoms with Crippen LogP contribution in [0.4, 0.5) is 5.82 Å². The molecule has 3 aromatic rings. The zero-order chi connectivity index (χ0) is 24.3. The second-order valence-electron chi connectivity index (χ2n) is 7.53. The number of ether oxygens (including phenoxy) is 3. The van der Waals surface area contributed by atoms with Gasteiger partial charge in [-0.2, -0.15) is 4.31 Å². The molecule has 180 valence electrons. The number of rotatable bonds is 7. The molecule has 0 saturated carbocycles. The van der Waals surface area contributed by atoms with Gasteiger partial charge in [-0.25, -0.2) is 8.42 Å². The van der Waals surface area contributed by atoms with Gasteiger partial charge in [-0.1, -0.05) is 15.9 Å². The van der Waals surface area contributed by atoms with Gasteiger partial charge in [-0.05, 0) is 48.5 Å². The molecule has 9 nitrogen and oxygen atoms in total. The average Bonchev–Trinajstić information content (AvgIpc) is 2.88. The Morgan fingerprint density at radius 2 is 1.47 bits per heavy atom. The molecule has 0 bridgehead atoms. The van der Waals surface area contributed by atoms with Crippen LogP contribution in [0.2, 0.25) is 0 Å². The van der Waals surface area contributed by atoms with Gasteiger partial charge in [0.2, 0.25) is 10.0 Å². The van der Waals surface area contributed by atoms with Crippen LogP contribution in [0.25, 0.3) is 11.3 Å². The van der Waals surface area contributed by atoms with Gasteiger partial charge in [0.25, 0.3) is 0 Å². The maximum absolute atomic E-state index is 13.2. The minimum atomic E-state index is -3.69. The topological polar surface area (TPSA) is 94.1 Å². The van der Waals surface area contributed by atoms with E-state index in [1.54, 1.807) is 32.4 Å². The Kier molecular flexibility index (Phi) is 7.24. The van der Waals surface area contributed by atoms with Crippen LogP contribution in [-0.2, 0) is 10.0 Å². The molecule has 1 aliphatic heterocycles. The summed E-state index contributed by atoms with van der Waals surface area (Å²) in [4.78, 5) is 2.17. The highest BCUT2D eigenvalue weighted by Gasteiger charge is 2.31. The number of hydrogen-bond acceptors (Lipinski definition) is 8. The van der Waals surface area contributed by atoms with Crippen molar-refractivity contribution in [3.63, 3.8) is 0 Å². The summed E-state index contributed by atoms with van der Waals surface area (Å²) in [6.45, 7) is 1.66. The number of anilines is 1. The van der Waals surface area contributed by atoms with Crippen LogP contribution in [-0.4, -0.2) is 70.4 Å². The Balaban J connectivity index is 1.46. The zero-order valence-electron chi connectivity index (χ0n) is 19.1. The molecule has 1 aliphatic rings. The Morgan fingerprint density at radius 3 is 2.09 bits per heavy atom. The summed E-state index contributed by atoms with van der Waals surface area (Å²) in [6, 6.07) is 14.3. The van der Waals surface area contributed by atoms with E-state index >= 15 is 0 Å². The third-order valence-corrected chi connectivity index (χ3v) is 8.05. The van der Waals surface area contributed by atoms with Crippen molar-refractivity contribution in [1.82, 2.24) is 14.5 Å². The van der Waals surface area contributed by atoms with Gasteiger partial charge in [0.05, 0.1) is 27.0 Å². The molecular formula is C23H25BrN4O5S. The lowest BCUT2D eigenvalue weighted by atomic mass is 10.1. The Morgan fingerprint density at radius 1 is 0.794 bits per heavy atom. The third kappa shape index (κ3) is 4.82. The zero-order valence-corrected chi connectivity index (χ0v) is 21.5. The standard InChI is InChI=1S/C23H25BrN4O5S/c1-31-19-7-4-16(14-21(19)33-3)18-6-9-23(26-25-18)27-10-12-28(13-11-27)34(29,30)22-15-17(24)5-8-20(22)32-2/h4-9,14-15H,10-13H2,1-3H3. The quantitative estimate of drug-likeness (QED) is 0.443. The fraction of sp³-hybridized carbons (Fsp3) is 0.304. The van der Waals surface area contributed by atoms with Gasteiger partial charge < -0.3 is 19.1 Å². The van der Waals surface area contributed by atoms with Crippen LogP contribution in [0.5, 0.6) is 17.2 Å². The predicted molar refractivity (Wildman–Crippen MR) is 132 cm³/mol. The molecule has 1 fully saturated rings. The summed E-state index contributed by atoms with van der Waals surface area (Å²) in [5.41, 5.74) is 1.56. The molecule has 34 heavy (non-hydrogen) atoms. The lowest BCUT2D eigenvalue weighted by Crippen LogP contribution is -2.49. The summed E-state index contributed by atoms with van der Waals surface area (Å²) < 4.78 is 44.5. The molecule has 0 spiro atoms. The maximum atomic E-state index is 13.2. The van der Waals surface area contributed by atoms with Crippen molar-refractivity contribution < 1.29 is 22.6 Å². The number of methoxy groups -OCH3 is 3. The minimum Gasteiger partial charge on any atom is -0.495 e. The van der Waals surface area contributed by atoms with Gasteiger partial charge in [-0.15, -0.1) is 10.2 Å². The van der Waals surface area contributed by atoms with E-state index in [2.05, 4.69) is 26.1 Å². The highest BCUT2D eigenvalue weighted by molar-refractivity contribution is 9.10. The molecule has 0 aliphatic carbocycles. The second-order valence-corrected chi connectivity index (χ2v) is 10.4. The van der Waals surface area contributed by atoms with Gasteiger partial charge in [0.1, 0.15) is 10.6 Å². The van der Waals surface area contributed by atoms with Crippen LogP contribution >= 0.6 is 15.9 Å². The first-order valence-corrected chi connectivity index (χ1v) is 12.8. The monoisotopic (exact) mass is 548 g/mol. The fourth-order valence-electron chi connectivity index (χ4n) is 3.79. The van der Waals surface area contributed by atoms with Crippen LogP contribution < -0.4 is 19.1 Å². The molecule has 0 N–H and O–H groups in total. The molecule has 11 heteroatoms. The predicted octanol–water partition coefficient (Wildman–Crippen LogP) is 3.44. The molecule has 1 saturated heterocycles. The number of hydrogen-bond donors (Lipinski definition) is 0. The van der Waals surface area contributed by atoms with Crippen molar-refractivity contribution in [2.45, 2.75) is 4.90 Å². The van der Waals surface area contributed by atoms with E-state index in [1.165, 1.54) is 11.4 Å². The highest BCUT2D eigenvalue weighted by atomic mass is 79.9. The van der Waals surface area contributed by atoms with Gasteiger partial charge >= 0.3 is 0 Å². The van der Waals surface area contributed by atoms with E-state index in [9.17, 15) is 8.42 Å². The largest absolute Gasteiger partial charge is 0.495 e. The number of sulfonamides is 1. The Labute approximate surface area is 207 Å². The molecule has 0 unspecified atom stereocenters. The van der Waals surface area contributed by atoms with E-state index < -0.39 is 10.0 Å². The van der Waals surface area contributed by atoms with Crippen LogP contribution in [0.3, 0.4) is 0 Å². The van der Waals surface area contributed by atoms with Crippen molar-refractivity contribution >= 4 is 31.8 Å². The minimum absolute atomic E-state index is 0.150. The molecule has 0 amide bonds. The lowest BCUT2D eigenvalue weighted by molar-refractivity contribution is 0.355. The number of piperazine rings is 1. The van der Waals surface area contributed by atoms with Crippen molar-refractivity contribution in [2.75, 3.05) is 52.4 Å². The van der Waals surface area contributed by atoms with Crippen molar-refractivity contribution in [1.29, 1.82) is 0 Å². The highest BCUT2D eigenvalue weighted by Crippen LogP contribution is 2.32. The third-order valence-electron chi connectivity index (χ3n) is 5.64. The van der Waals surface area contributed by atoms with Crippen LogP contribution in [0.1, 0.15) is 0 Å². The smallest absolute Gasteiger partial charge is 0.246 e. The maximum Gasteiger partial charge on any atom is 0.246 e. The van der Waals surface area contributed by atoms with Gasteiger partial charge in [0.15, 0.2) is 17.3 Å². The van der Waals surface area contributed by atoms with Crippen molar-refractivity contribution in [3.05, 3.63) is 53.0 Å². The molecule has 0 atom stereocenters. The van der Waals surface area contributed by atoms with E-state index in [1.807, 2.05) is 35.2 Å². The van der Waals surface area contributed by atoms with Crippen molar-refractivity contribution in [3.8, 4) is 28.5 Å². The summed E-state index contributed by atoms with van der Waals surface area (Å²) in [5, 5.41) is 8.73. The van der Waals surface area contributed by atoms with E-state index in [-0.39, 0.29) is 4.90 Å². The van der Waals surface area contributed by atoms with Gasteiger partial charge in [0, 0.05) is 36.2 Å². The molecule has 2 aromatic carbocycles. The van der Waals surface area contributed by atoms with E-state index in [0.29, 0.717) is 59.4 Å².